The van der Waals surface area contributed by atoms with E-state index in [9.17, 15) is 43.8 Å². The molecule has 18 nitrogen and oxygen atoms in total. The van der Waals surface area contributed by atoms with Gasteiger partial charge in [-0.05, 0) is 35.1 Å². The summed E-state index contributed by atoms with van der Waals surface area (Å²) in [6, 6.07) is 38.1. The Bertz CT molecular complexity index is 1910. The molecule has 0 saturated heterocycles. The van der Waals surface area contributed by atoms with Gasteiger partial charge in [-0.1, -0.05) is 121 Å². The minimum atomic E-state index is -4.37. The van der Waals surface area contributed by atoms with Crippen molar-refractivity contribution in [2.75, 3.05) is 25.4 Å². The van der Waals surface area contributed by atoms with Gasteiger partial charge in [-0.3, -0.25) is 28.8 Å². The molecule has 0 unspecified atom stereocenters. The Morgan fingerprint density at radius 3 is 1.34 bits per heavy atom. The first-order chi connectivity index (χ1) is 29.6. The molecule has 0 fully saturated rings. The van der Waals surface area contributed by atoms with Crippen molar-refractivity contribution in [3.8, 4) is 0 Å². The van der Waals surface area contributed by atoms with Gasteiger partial charge in [-0.25, -0.2) is 10.1 Å². The summed E-state index contributed by atoms with van der Waals surface area (Å²) in [5, 5.41) is 37.8. The Labute approximate surface area is 360 Å². The molecule has 0 saturated carbocycles. The van der Waals surface area contributed by atoms with Gasteiger partial charge in [0, 0.05) is 0 Å². The average Bonchev–Trinajstić information content (AvgIpc) is 3.27. The quantitative estimate of drug-likeness (QED) is 0.0176. The van der Waals surface area contributed by atoms with Crippen molar-refractivity contribution in [1.29, 1.82) is 0 Å². The number of aliphatic hydroxyl groups excluding tert-OH is 3. The second-order valence-corrected chi connectivity index (χ2v) is 17.7. The zero-order valence-electron chi connectivity index (χ0n) is 33.9. The summed E-state index contributed by atoms with van der Waals surface area (Å²) in [5.74, 6) is 0. The third kappa shape index (κ3) is 21.7. The number of aliphatic hydroxyl groups is 3. The van der Waals surface area contributed by atoms with Gasteiger partial charge in [-0.2, -0.15) is 0 Å². The molecule has 6 atom stereocenters. The monoisotopic (exact) mass is 906 g/mol. The van der Waals surface area contributed by atoms with Crippen molar-refractivity contribution in [2.45, 2.75) is 75.9 Å². The second-order valence-electron chi connectivity index (χ2n) is 14.1. The Morgan fingerprint density at radius 2 is 0.919 bits per heavy atom. The molecular formula is C42H56N2O16P2. The largest absolute Gasteiger partial charge is 0.390 e. The Balaban J connectivity index is 0.000000509. The van der Waals surface area contributed by atoms with Crippen molar-refractivity contribution in [2.24, 2.45) is 0 Å². The van der Waals surface area contributed by atoms with Crippen molar-refractivity contribution in [3.05, 3.63) is 144 Å². The van der Waals surface area contributed by atoms with E-state index in [-0.39, 0.29) is 50.9 Å². The van der Waals surface area contributed by atoms with Gasteiger partial charge in [0.05, 0.1) is 57.4 Å². The number of benzene rings is 4. The molecule has 4 rings (SSSR count). The SMILES string of the molecule is O=CN(C[C@@H](OCc1ccccc1)[C@@H](OCc1ccccc1)[C@@H](CCP(=O)(O)O)OCc1ccccc1)OCc1ccccc1.O=CN(O)C[C@@H](O)[C@@H](O)[C@H](O)CCP(=O)(O)O. The number of ether oxygens (including phenoxy) is 3. The third-order valence-electron chi connectivity index (χ3n) is 9.05. The number of carbonyl (C=O) groups is 2. The summed E-state index contributed by atoms with van der Waals surface area (Å²) in [5.41, 5.74) is 3.58. The maximum Gasteiger partial charge on any atom is 0.325 e. The summed E-state index contributed by atoms with van der Waals surface area (Å²) < 4.78 is 41.8. The molecule has 8 N–H and O–H groups in total. The van der Waals surface area contributed by atoms with Crippen molar-refractivity contribution in [3.63, 3.8) is 0 Å². The van der Waals surface area contributed by atoms with Crippen LogP contribution in [0.15, 0.2) is 121 Å². The molecule has 0 heterocycles. The lowest BCUT2D eigenvalue weighted by molar-refractivity contribution is -0.208. The minimum Gasteiger partial charge on any atom is -0.390 e. The van der Waals surface area contributed by atoms with Crippen LogP contribution in [0.5, 0.6) is 0 Å². The standard InChI is InChI=1S/C35H40NO8P.C7H16NO8P/c37-28-36(44-27-32-19-11-4-12-20-32)23-34(42-25-30-15-7-2-8-16-30)35(43-26-31-17-9-3-10-18-31)33(21-22-45(38,39)40)41-24-29-13-5-1-6-14-29;9-4-8(13)3-6(11)7(12)5(10)1-2-17(14,15)16/h1-20,28,33-35H,21-27H2,(H2,38,39,40);4-7,10-13H,1-3H2,(H2,14,15,16)/t33-,34-,35+;5-,6-,7+/m11/s1. The maximum absolute atomic E-state index is 12.2. The fourth-order valence-corrected chi connectivity index (χ4v) is 6.96. The first-order valence-corrected chi connectivity index (χ1v) is 23.1. The van der Waals surface area contributed by atoms with Crippen molar-refractivity contribution < 1.29 is 77.9 Å². The molecule has 4 aromatic rings. The Kier molecular flexibility index (Phi) is 23.4. The van der Waals surface area contributed by atoms with Crippen LogP contribution < -0.4 is 0 Å². The van der Waals surface area contributed by atoms with Gasteiger partial charge in [0.2, 0.25) is 12.8 Å². The Morgan fingerprint density at radius 1 is 0.516 bits per heavy atom. The van der Waals surface area contributed by atoms with E-state index < -0.39 is 77.1 Å². The lowest BCUT2D eigenvalue weighted by Gasteiger charge is -2.35. The summed E-state index contributed by atoms with van der Waals surface area (Å²) in [7, 11) is -8.66. The molecule has 340 valence electrons. The fraction of sp³-hybridized carbons (Fsp3) is 0.381. The first kappa shape index (κ1) is 52.1. The van der Waals surface area contributed by atoms with Crippen LogP contribution in [0.4, 0.5) is 0 Å². The summed E-state index contributed by atoms with van der Waals surface area (Å²) in [4.78, 5) is 64.8. The molecule has 20 heteroatoms. The van der Waals surface area contributed by atoms with Crippen molar-refractivity contribution >= 4 is 28.0 Å². The number of carbonyl (C=O) groups excluding carboxylic acids is 2. The van der Waals surface area contributed by atoms with E-state index in [0.717, 1.165) is 22.3 Å². The highest BCUT2D eigenvalue weighted by Gasteiger charge is 2.36. The van der Waals surface area contributed by atoms with E-state index in [0.29, 0.717) is 6.41 Å². The van der Waals surface area contributed by atoms with Crippen LogP contribution in [0, 0.1) is 0 Å². The molecule has 0 bridgehead atoms. The molecule has 0 aliphatic heterocycles. The van der Waals surface area contributed by atoms with Crippen LogP contribution in [0.2, 0.25) is 0 Å². The van der Waals surface area contributed by atoms with Crippen LogP contribution in [0.3, 0.4) is 0 Å². The molecule has 0 spiro atoms. The third-order valence-corrected chi connectivity index (χ3v) is 10.7. The van der Waals surface area contributed by atoms with Gasteiger partial charge >= 0.3 is 15.2 Å². The minimum absolute atomic E-state index is 0.00202. The molecule has 0 aliphatic carbocycles. The smallest absolute Gasteiger partial charge is 0.325 e. The van der Waals surface area contributed by atoms with Crippen LogP contribution in [0.25, 0.3) is 0 Å². The number of hydrogen-bond donors (Lipinski definition) is 8. The molecule has 0 radical (unpaired) electrons. The predicted molar refractivity (Wildman–Crippen MR) is 225 cm³/mol. The number of hydrogen-bond acceptors (Lipinski definition) is 12. The average molecular weight is 907 g/mol. The number of rotatable bonds is 28. The highest BCUT2D eigenvalue weighted by atomic mass is 31.2. The van der Waals surface area contributed by atoms with Gasteiger partial charge in [-0.15, -0.1) is 0 Å². The van der Waals surface area contributed by atoms with Crippen LogP contribution in [-0.4, -0.2) is 125 Å². The van der Waals surface area contributed by atoms with E-state index in [1.807, 2.05) is 121 Å². The van der Waals surface area contributed by atoms with Crippen LogP contribution in [-0.2, 0) is 64.2 Å². The molecule has 62 heavy (non-hydrogen) atoms. The van der Waals surface area contributed by atoms with E-state index >= 15 is 0 Å². The molecular weight excluding hydrogens is 850 g/mol. The molecule has 0 aliphatic rings. The zero-order valence-corrected chi connectivity index (χ0v) is 35.7. The zero-order chi connectivity index (χ0) is 45.4. The van der Waals surface area contributed by atoms with Crippen LogP contribution >= 0.6 is 15.2 Å². The Hall–Kier alpha value is -4.20. The lowest BCUT2D eigenvalue weighted by atomic mass is 10.0. The molecule has 2 amide bonds. The highest BCUT2D eigenvalue weighted by molar-refractivity contribution is 7.52. The predicted octanol–water partition coefficient (Wildman–Crippen LogP) is 3.39. The maximum atomic E-state index is 12.2. The van der Waals surface area contributed by atoms with E-state index in [4.69, 9.17) is 34.0 Å². The number of nitrogens with zero attached hydrogens (tertiary/aromatic N) is 2. The molecule has 4 aromatic carbocycles. The fourth-order valence-electron chi connectivity index (χ4n) is 5.77. The normalized spacial score (nSPS) is 14.6. The van der Waals surface area contributed by atoms with Crippen molar-refractivity contribution in [1.82, 2.24) is 10.1 Å². The van der Waals surface area contributed by atoms with Gasteiger partial charge in [0.15, 0.2) is 0 Å². The second kappa shape index (κ2) is 27.8. The summed E-state index contributed by atoms with van der Waals surface area (Å²) >= 11 is 0. The van der Waals surface area contributed by atoms with E-state index in [1.54, 1.807) is 0 Å². The molecule has 0 aromatic heterocycles. The van der Waals surface area contributed by atoms with Gasteiger partial charge in [0.25, 0.3) is 0 Å². The lowest BCUT2D eigenvalue weighted by Crippen LogP contribution is -2.48. The van der Waals surface area contributed by atoms with E-state index in [2.05, 4.69) is 0 Å². The van der Waals surface area contributed by atoms with Gasteiger partial charge in [0.1, 0.15) is 31.0 Å². The number of hydroxylamine groups is 4. The number of amides is 2. The highest BCUT2D eigenvalue weighted by Crippen LogP contribution is 2.37. The van der Waals surface area contributed by atoms with Crippen LogP contribution in [0.1, 0.15) is 35.1 Å². The van der Waals surface area contributed by atoms with E-state index in [1.165, 1.54) is 5.06 Å². The summed E-state index contributed by atoms with van der Waals surface area (Å²) in [6.45, 7) is 0.0783. The topological polar surface area (TPSA) is 274 Å². The summed E-state index contributed by atoms with van der Waals surface area (Å²) in [6.07, 6.45) is -8.26. The first-order valence-electron chi connectivity index (χ1n) is 19.5. The van der Waals surface area contributed by atoms with Gasteiger partial charge < -0.3 is 49.1 Å².